The van der Waals surface area contributed by atoms with Crippen molar-refractivity contribution in [1.82, 2.24) is 10.2 Å². The molecule has 2 amide bonds. The van der Waals surface area contributed by atoms with Gasteiger partial charge >= 0.3 is 0 Å². The highest BCUT2D eigenvalue weighted by Crippen LogP contribution is 2.33. The second-order valence-electron chi connectivity index (χ2n) is 8.45. The minimum Gasteiger partial charge on any atom is -0.497 e. The van der Waals surface area contributed by atoms with E-state index >= 15 is 0 Å². The van der Waals surface area contributed by atoms with Crippen molar-refractivity contribution in [3.05, 3.63) is 53.1 Å². The summed E-state index contributed by atoms with van der Waals surface area (Å²) in [5.41, 5.74) is 0.875. The van der Waals surface area contributed by atoms with Crippen LogP contribution in [-0.2, 0) is 26.2 Å². The van der Waals surface area contributed by atoms with Crippen molar-refractivity contribution in [2.75, 3.05) is 31.3 Å². The number of hydrogen-bond donors (Lipinski definition) is 1. The summed E-state index contributed by atoms with van der Waals surface area (Å²) in [7, 11) is -1.03. The lowest BCUT2D eigenvalue weighted by molar-refractivity contribution is -0.139. The molecule has 2 aromatic carbocycles. The van der Waals surface area contributed by atoms with Crippen LogP contribution in [-0.4, -0.2) is 64.2 Å². The Bertz CT molecular complexity index is 1170. The molecule has 9 nitrogen and oxygen atoms in total. The Morgan fingerprint density at radius 3 is 2.33 bits per heavy atom. The van der Waals surface area contributed by atoms with E-state index in [1.807, 2.05) is 13.8 Å². The third-order valence-electron chi connectivity index (χ3n) is 5.75. The molecule has 0 fully saturated rings. The number of halogens is 1. The molecule has 0 aliphatic rings. The molecular weight excluding hydrogens is 506 g/mol. The van der Waals surface area contributed by atoms with Crippen LogP contribution in [0.3, 0.4) is 0 Å². The second-order valence-corrected chi connectivity index (χ2v) is 10.8. The molecule has 0 saturated heterocycles. The van der Waals surface area contributed by atoms with Gasteiger partial charge < -0.3 is 19.7 Å². The van der Waals surface area contributed by atoms with Gasteiger partial charge in [0.05, 0.1) is 26.2 Å². The Labute approximate surface area is 218 Å². The molecule has 0 unspecified atom stereocenters. The number of nitrogens with zero attached hydrogens (tertiary/aromatic N) is 2. The standard InChI is InChI=1S/C25H34ClN3O6S/c1-7-17(2)27-25(31)18(3)28(15-19-9-8-10-20(26)13-19)24(30)16-29(36(6,32)33)22-12-11-21(34-4)14-23(22)35-5/h8-14,17-18H,7,15-16H2,1-6H3,(H,27,31)/t17-,18-/m0/s1. The monoisotopic (exact) mass is 539 g/mol. The zero-order valence-corrected chi connectivity index (χ0v) is 23.0. The summed E-state index contributed by atoms with van der Waals surface area (Å²) in [4.78, 5) is 27.9. The lowest BCUT2D eigenvalue weighted by atomic mass is 10.1. The van der Waals surface area contributed by atoms with Crippen molar-refractivity contribution >= 4 is 39.1 Å². The van der Waals surface area contributed by atoms with Crippen LogP contribution < -0.4 is 19.1 Å². The summed E-state index contributed by atoms with van der Waals surface area (Å²) >= 11 is 6.13. The quantitative estimate of drug-likeness (QED) is 0.443. The van der Waals surface area contributed by atoms with Gasteiger partial charge in [0.1, 0.15) is 24.1 Å². The Balaban J connectivity index is 2.46. The fourth-order valence-corrected chi connectivity index (χ4v) is 4.53. The van der Waals surface area contributed by atoms with Gasteiger partial charge in [0.25, 0.3) is 0 Å². The molecule has 2 aromatic rings. The number of nitrogens with one attached hydrogen (secondary N) is 1. The normalized spacial score (nSPS) is 12.9. The first-order chi connectivity index (χ1) is 16.9. The lowest BCUT2D eigenvalue weighted by Gasteiger charge is -2.32. The van der Waals surface area contributed by atoms with Gasteiger partial charge in [-0.05, 0) is 50.1 Å². The van der Waals surface area contributed by atoms with Gasteiger partial charge in [-0.15, -0.1) is 0 Å². The average Bonchev–Trinajstić information content (AvgIpc) is 2.84. The molecule has 0 aliphatic carbocycles. The maximum Gasteiger partial charge on any atom is 0.244 e. The Kier molecular flexibility index (Phi) is 10.4. The topological polar surface area (TPSA) is 105 Å². The highest BCUT2D eigenvalue weighted by molar-refractivity contribution is 7.92. The summed E-state index contributed by atoms with van der Waals surface area (Å²) < 4.78 is 37.1. The number of carbonyl (C=O) groups is 2. The number of carbonyl (C=O) groups excluding carboxylic acids is 2. The molecule has 36 heavy (non-hydrogen) atoms. The summed E-state index contributed by atoms with van der Waals surface area (Å²) in [5, 5.41) is 3.37. The summed E-state index contributed by atoms with van der Waals surface area (Å²) in [6, 6.07) is 10.6. The summed E-state index contributed by atoms with van der Waals surface area (Å²) in [5.74, 6) is -0.220. The molecule has 0 aromatic heterocycles. The van der Waals surface area contributed by atoms with Crippen LogP contribution in [0.25, 0.3) is 0 Å². The van der Waals surface area contributed by atoms with Crippen LogP contribution in [0.4, 0.5) is 5.69 Å². The number of anilines is 1. The van der Waals surface area contributed by atoms with E-state index in [1.165, 1.54) is 31.3 Å². The van der Waals surface area contributed by atoms with Crippen LogP contribution in [0.5, 0.6) is 11.5 Å². The average molecular weight is 540 g/mol. The molecule has 11 heteroatoms. The highest BCUT2D eigenvalue weighted by Gasteiger charge is 2.31. The molecule has 2 atom stereocenters. The largest absolute Gasteiger partial charge is 0.497 e. The SMILES string of the molecule is CC[C@H](C)NC(=O)[C@H](C)N(Cc1cccc(Cl)c1)C(=O)CN(c1ccc(OC)cc1OC)S(C)(=O)=O. The van der Waals surface area contributed by atoms with Gasteiger partial charge in [-0.1, -0.05) is 30.7 Å². The predicted octanol–water partition coefficient (Wildman–Crippen LogP) is 3.46. The molecule has 0 radical (unpaired) electrons. The van der Waals surface area contributed by atoms with E-state index in [0.29, 0.717) is 16.3 Å². The molecule has 198 valence electrons. The van der Waals surface area contributed by atoms with Crippen molar-refractivity contribution in [2.45, 2.75) is 45.8 Å². The van der Waals surface area contributed by atoms with E-state index in [-0.39, 0.29) is 29.9 Å². The van der Waals surface area contributed by atoms with E-state index in [2.05, 4.69) is 5.32 Å². The molecule has 0 aliphatic heterocycles. The lowest BCUT2D eigenvalue weighted by Crippen LogP contribution is -2.52. The third kappa shape index (κ3) is 7.76. The fourth-order valence-electron chi connectivity index (χ4n) is 3.47. The number of methoxy groups -OCH3 is 2. The van der Waals surface area contributed by atoms with Crippen molar-refractivity contribution in [1.29, 1.82) is 0 Å². The first-order valence-corrected chi connectivity index (χ1v) is 13.7. The van der Waals surface area contributed by atoms with Gasteiger partial charge in [-0.2, -0.15) is 0 Å². The van der Waals surface area contributed by atoms with E-state index < -0.39 is 28.5 Å². The van der Waals surface area contributed by atoms with Crippen molar-refractivity contribution in [3.8, 4) is 11.5 Å². The van der Waals surface area contributed by atoms with E-state index in [4.69, 9.17) is 21.1 Å². The van der Waals surface area contributed by atoms with Crippen molar-refractivity contribution < 1.29 is 27.5 Å². The van der Waals surface area contributed by atoms with E-state index in [0.717, 1.165) is 17.0 Å². The van der Waals surface area contributed by atoms with Crippen LogP contribution in [0.1, 0.15) is 32.8 Å². The minimum atomic E-state index is -3.90. The molecule has 2 rings (SSSR count). The summed E-state index contributed by atoms with van der Waals surface area (Å²) in [6.07, 6.45) is 1.73. The second kappa shape index (κ2) is 12.8. The van der Waals surface area contributed by atoms with Gasteiger partial charge in [0.15, 0.2) is 0 Å². The first-order valence-electron chi connectivity index (χ1n) is 11.4. The van der Waals surface area contributed by atoms with Crippen LogP contribution >= 0.6 is 11.6 Å². The maximum absolute atomic E-state index is 13.6. The van der Waals surface area contributed by atoms with E-state index in [9.17, 15) is 18.0 Å². The van der Waals surface area contributed by atoms with Crippen molar-refractivity contribution in [3.63, 3.8) is 0 Å². The molecule has 0 heterocycles. The predicted molar refractivity (Wildman–Crippen MR) is 141 cm³/mol. The van der Waals surface area contributed by atoms with Crippen LogP contribution in [0, 0.1) is 0 Å². The van der Waals surface area contributed by atoms with E-state index in [1.54, 1.807) is 37.3 Å². The molecular formula is C25H34ClN3O6S. The van der Waals surface area contributed by atoms with Crippen LogP contribution in [0.15, 0.2) is 42.5 Å². The first kappa shape index (κ1) is 29.3. The van der Waals surface area contributed by atoms with Crippen molar-refractivity contribution in [2.24, 2.45) is 0 Å². The molecule has 0 saturated carbocycles. The number of ether oxygens (including phenoxy) is 2. The van der Waals surface area contributed by atoms with Gasteiger partial charge in [-0.3, -0.25) is 13.9 Å². The molecule has 0 bridgehead atoms. The number of rotatable bonds is 12. The molecule has 0 spiro atoms. The Hall–Kier alpha value is -2.98. The number of sulfonamides is 1. The Morgan fingerprint density at radius 1 is 1.08 bits per heavy atom. The number of hydrogen-bond acceptors (Lipinski definition) is 6. The third-order valence-corrected chi connectivity index (χ3v) is 7.11. The smallest absolute Gasteiger partial charge is 0.244 e. The highest BCUT2D eigenvalue weighted by atomic mass is 35.5. The Morgan fingerprint density at radius 2 is 1.78 bits per heavy atom. The fraction of sp³-hybridized carbons (Fsp3) is 0.440. The maximum atomic E-state index is 13.6. The molecule has 1 N–H and O–H groups in total. The van der Waals surface area contributed by atoms with Gasteiger partial charge in [0, 0.05) is 23.7 Å². The zero-order valence-electron chi connectivity index (χ0n) is 21.4. The minimum absolute atomic E-state index is 0.0613. The number of benzene rings is 2. The van der Waals surface area contributed by atoms with Gasteiger partial charge in [-0.25, -0.2) is 8.42 Å². The van der Waals surface area contributed by atoms with Gasteiger partial charge in [0.2, 0.25) is 21.8 Å². The van der Waals surface area contributed by atoms with Crippen LogP contribution in [0.2, 0.25) is 5.02 Å². The summed E-state index contributed by atoms with van der Waals surface area (Å²) in [6.45, 7) is 4.94. The number of amides is 2. The zero-order chi connectivity index (χ0) is 27.0.